The van der Waals surface area contributed by atoms with Crippen LogP contribution in [0.3, 0.4) is 0 Å². The molecule has 0 amide bonds. The van der Waals surface area contributed by atoms with Gasteiger partial charge < -0.3 is 39.8 Å². The standard InChI is InChI=1S/C15H16N2O2S.2ClH.Zn/c1-10-4-6-12(7-5-10)20-14-9-11(18-2)8-13(17-16)15(14)19-3;;;/h4-9,15H,1-3H3;2*1H;/q;;;+2/p-2. The number of hydrogen-bond donors (Lipinski definition) is 0. The van der Waals surface area contributed by atoms with Crippen molar-refractivity contribution >= 4 is 17.5 Å². The Morgan fingerprint density at radius 3 is 2.17 bits per heavy atom. The molecule has 0 aliphatic heterocycles. The van der Waals surface area contributed by atoms with Crippen molar-refractivity contribution < 1.29 is 58.6 Å². The maximum absolute atomic E-state index is 9.10. The minimum Gasteiger partial charge on any atom is -1.00 e. The summed E-state index contributed by atoms with van der Waals surface area (Å²) in [5.74, 6) is 0.640. The summed E-state index contributed by atoms with van der Waals surface area (Å²) in [7, 11) is 3.17. The molecule has 0 bridgehead atoms. The third-order valence-corrected chi connectivity index (χ3v) is 4.02. The first-order chi connectivity index (χ1) is 9.67. The van der Waals surface area contributed by atoms with E-state index < -0.39 is 0 Å². The molecule has 120 valence electrons. The van der Waals surface area contributed by atoms with Crippen LogP contribution in [0.1, 0.15) is 5.56 Å². The largest absolute Gasteiger partial charge is 2.00 e. The van der Waals surface area contributed by atoms with Gasteiger partial charge in [0.2, 0.25) is 0 Å². The molecule has 1 atom stereocenters. The third-order valence-electron chi connectivity index (χ3n) is 2.95. The molecule has 0 heterocycles. The average molecular weight is 425 g/mol. The van der Waals surface area contributed by atoms with Gasteiger partial charge in [-0.15, -0.1) is 0 Å². The van der Waals surface area contributed by atoms with E-state index in [9.17, 15) is 0 Å². The molecule has 0 radical (unpaired) electrons. The Labute approximate surface area is 165 Å². The van der Waals surface area contributed by atoms with Gasteiger partial charge in [-0.3, -0.25) is 0 Å². The molecule has 23 heavy (non-hydrogen) atoms. The van der Waals surface area contributed by atoms with E-state index in [1.54, 1.807) is 32.1 Å². The summed E-state index contributed by atoms with van der Waals surface area (Å²) < 4.78 is 10.6. The summed E-state index contributed by atoms with van der Waals surface area (Å²) in [5, 5.41) is 0. The SMILES string of the molecule is COC1=CC(=[N+]=[N-])C(OC)C(Sc2ccc(C)cc2)=C1.[Cl-].[Cl-].[Zn+2]. The van der Waals surface area contributed by atoms with Gasteiger partial charge in [-0.25, -0.2) is 0 Å². The Hall–Kier alpha value is -0.607. The van der Waals surface area contributed by atoms with E-state index >= 15 is 0 Å². The number of rotatable bonds is 4. The van der Waals surface area contributed by atoms with Gasteiger partial charge in [0, 0.05) is 16.9 Å². The van der Waals surface area contributed by atoms with E-state index in [0.29, 0.717) is 11.5 Å². The van der Waals surface area contributed by atoms with Crippen LogP contribution in [0.25, 0.3) is 5.53 Å². The van der Waals surface area contributed by atoms with E-state index in [0.717, 1.165) is 9.80 Å². The zero-order valence-electron chi connectivity index (χ0n) is 13.1. The Kier molecular flexibility index (Phi) is 12.7. The van der Waals surface area contributed by atoms with Crippen molar-refractivity contribution in [1.29, 1.82) is 0 Å². The molecule has 1 aliphatic rings. The second kappa shape index (κ2) is 11.9. The first kappa shape index (κ1) is 24.6. The Morgan fingerprint density at radius 1 is 1.09 bits per heavy atom. The van der Waals surface area contributed by atoms with Crippen LogP contribution in [0, 0.1) is 6.92 Å². The first-order valence-corrected chi connectivity index (χ1v) is 6.96. The minimum atomic E-state index is -0.384. The van der Waals surface area contributed by atoms with E-state index in [1.165, 1.54) is 5.56 Å². The fraction of sp³-hybridized carbons (Fsp3) is 0.267. The maximum atomic E-state index is 9.10. The van der Waals surface area contributed by atoms with E-state index in [4.69, 9.17) is 15.0 Å². The van der Waals surface area contributed by atoms with Crippen molar-refractivity contribution in [2.45, 2.75) is 17.9 Å². The molecule has 1 aromatic carbocycles. The molecule has 0 N–H and O–H groups in total. The van der Waals surface area contributed by atoms with Crippen molar-refractivity contribution in [2.24, 2.45) is 0 Å². The topological polar surface area (TPSA) is 54.9 Å². The molecule has 0 fully saturated rings. The zero-order valence-corrected chi connectivity index (χ0v) is 18.4. The van der Waals surface area contributed by atoms with Gasteiger partial charge in [0.25, 0.3) is 0 Å². The Morgan fingerprint density at radius 2 is 1.70 bits per heavy atom. The molecule has 0 spiro atoms. The van der Waals surface area contributed by atoms with Gasteiger partial charge in [-0.05, 0) is 25.1 Å². The second-order valence-corrected chi connectivity index (χ2v) is 5.50. The summed E-state index contributed by atoms with van der Waals surface area (Å²) in [6.07, 6.45) is 3.17. The number of aryl methyl sites for hydroxylation is 1. The summed E-state index contributed by atoms with van der Waals surface area (Å²) in [5.41, 5.74) is 10.7. The van der Waals surface area contributed by atoms with Crippen LogP contribution in [0.15, 0.2) is 52.0 Å². The van der Waals surface area contributed by atoms with Crippen LogP contribution in [0.4, 0.5) is 0 Å². The van der Waals surface area contributed by atoms with Crippen molar-refractivity contribution in [2.75, 3.05) is 14.2 Å². The molecular formula is C15H16Cl2N2O2SZn. The molecule has 1 unspecified atom stereocenters. The van der Waals surface area contributed by atoms with Gasteiger partial charge in [0.05, 0.1) is 13.2 Å². The van der Waals surface area contributed by atoms with Crippen molar-refractivity contribution in [3.05, 3.63) is 58.2 Å². The predicted octanol–water partition coefficient (Wildman–Crippen LogP) is -2.79. The van der Waals surface area contributed by atoms with Crippen molar-refractivity contribution in [3.63, 3.8) is 0 Å². The Balaban J connectivity index is 0. The second-order valence-electron chi connectivity index (χ2n) is 4.35. The molecule has 0 aromatic heterocycles. The van der Waals surface area contributed by atoms with Gasteiger partial charge >= 0.3 is 25.2 Å². The molecular weight excluding hydrogens is 409 g/mol. The summed E-state index contributed by atoms with van der Waals surface area (Å²) >= 11 is 1.57. The number of thioether (sulfide) groups is 1. The van der Waals surface area contributed by atoms with Gasteiger partial charge in [-0.1, -0.05) is 29.5 Å². The molecule has 1 aromatic rings. The fourth-order valence-corrected chi connectivity index (χ4v) is 2.93. The van der Waals surface area contributed by atoms with E-state index in [2.05, 4.69) is 23.8 Å². The van der Waals surface area contributed by atoms with E-state index in [1.807, 2.05) is 18.2 Å². The van der Waals surface area contributed by atoms with Gasteiger partial charge in [-0.2, -0.15) is 4.79 Å². The van der Waals surface area contributed by atoms with Crippen LogP contribution >= 0.6 is 11.8 Å². The zero-order chi connectivity index (χ0) is 14.5. The number of allylic oxidation sites excluding steroid dienone is 1. The average Bonchev–Trinajstić information content (AvgIpc) is 2.48. The van der Waals surface area contributed by atoms with Crippen LogP contribution in [0.5, 0.6) is 0 Å². The van der Waals surface area contributed by atoms with E-state index in [-0.39, 0.29) is 50.4 Å². The number of ether oxygens (including phenoxy) is 2. The van der Waals surface area contributed by atoms with Crippen LogP contribution in [-0.2, 0) is 29.0 Å². The normalized spacial score (nSPS) is 15.8. The van der Waals surface area contributed by atoms with Crippen LogP contribution in [0.2, 0.25) is 0 Å². The van der Waals surface area contributed by atoms with Crippen LogP contribution < -0.4 is 24.8 Å². The minimum absolute atomic E-state index is 0. The number of halogens is 2. The number of benzene rings is 1. The molecule has 4 nitrogen and oxygen atoms in total. The number of methoxy groups -OCH3 is 2. The molecule has 0 saturated heterocycles. The summed E-state index contributed by atoms with van der Waals surface area (Å²) in [4.78, 5) is 5.30. The smallest absolute Gasteiger partial charge is 1.00 e. The monoisotopic (exact) mass is 422 g/mol. The quantitative estimate of drug-likeness (QED) is 0.298. The van der Waals surface area contributed by atoms with Crippen molar-refractivity contribution in [1.82, 2.24) is 0 Å². The number of hydrogen-bond acceptors (Lipinski definition) is 3. The molecule has 2 rings (SSSR count). The van der Waals surface area contributed by atoms with Crippen molar-refractivity contribution in [3.8, 4) is 0 Å². The molecule has 0 saturated carbocycles. The molecule has 8 heteroatoms. The van der Waals surface area contributed by atoms with Gasteiger partial charge in [0.1, 0.15) is 5.76 Å². The van der Waals surface area contributed by atoms with Crippen LogP contribution in [-0.4, -0.2) is 30.8 Å². The predicted molar refractivity (Wildman–Crippen MR) is 79.6 cm³/mol. The summed E-state index contributed by atoms with van der Waals surface area (Å²) in [6.45, 7) is 2.05. The Bertz CT molecular complexity index is 614. The maximum Gasteiger partial charge on any atom is 2.00 e. The molecule has 1 aliphatic carbocycles. The van der Waals surface area contributed by atoms with Gasteiger partial charge in [0.15, 0.2) is 6.10 Å². The number of nitrogens with zero attached hydrogens (tertiary/aromatic N) is 2. The third kappa shape index (κ3) is 6.42. The first-order valence-electron chi connectivity index (χ1n) is 6.14. The fourth-order valence-electron chi connectivity index (χ4n) is 1.89. The summed E-state index contributed by atoms with van der Waals surface area (Å²) in [6, 6.07) is 8.21.